The molecule has 0 unspecified atom stereocenters. The maximum Gasteiger partial charge on any atom is 0.322 e. The van der Waals surface area contributed by atoms with E-state index in [2.05, 4.69) is 15.2 Å². The smallest absolute Gasteiger partial charge is 0.322 e. The van der Waals surface area contributed by atoms with Crippen molar-refractivity contribution >= 4 is 28.9 Å². The molecule has 6 nitrogen and oxygen atoms in total. The Morgan fingerprint density at radius 2 is 2.17 bits per heavy atom. The van der Waals surface area contributed by atoms with Gasteiger partial charge in [-0.1, -0.05) is 6.07 Å². The quantitative estimate of drug-likeness (QED) is 0.924. The first kappa shape index (κ1) is 16.7. The zero-order valence-electron chi connectivity index (χ0n) is 13.9. The number of morpholine rings is 1. The first-order chi connectivity index (χ1) is 11.6. The Labute approximate surface area is 146 Å². The van der Waals surface area contributed by atoms with E-state index >= 15 is 0 Å². The number of nitrogens with one attached hydrogen (secondary N) is 1. The predicted octanol–water partition coefficient (Wildman–Crippen LogP) is 3.20. The van der Waals surface area contributed by atoms with Crippen LogP contribution in [0.5, 0.6) is 0 Å². The van der Waals surface area contributed by atoms with Crippen molar-refractivity contribution in [3.05, 3.63) is 40.7 Å². The molecule has 0 radical (unpaired) electrons. The average Bonchev–Trinajstić information content (AvgIpc) is 3.16. The molecule has 2 aromatic heterocycles. The van der Waals surface area contributed by atoms with Gasteiger partial charge in [0.25, 0.3) is 0 Å². The van der Waals surface area contributed by atoms with Crippen LogP contribution >= 0.6 is 11.3 Å². The van der Waals surface area contributed by atoms with Crippen LogP contribution in [0, 0.1) is 0 Å². The molecule has 0 bridgehead atoms. The van der Waals surface area contributed by atoms with Crippen molar-refractivity contribution in [3.63, 3.8) is 0 Å². The van der Waals surface area contributed by atoms with E-state index in [9.17, 15) is 4.79 Å². The van der Waals surface area contributed by atoms with Gasteiger partial charge in [0.15, 0.2) is 0 Å². The summed E-state index contributed by atoms with van der Waals surface area (Å²) >= 11 is 1.65. The SMILES string of the molecule is C[C@@H](c1cccs1)N(C)C(=O)Nc1ccc(N2CCOCC2)nc1. The van der Waals surface area contributed by atoms with Gasteiger partial charge in [0, 0.05) is 25.0 Å². The van der Waals surface area contributed by atoms with Crippen LogP contribution in [0.1, 0.15) is 17.8 Å². The molecule has 1 fully saturated rings. The number of anilines is 2. The first-order valence-corrected chi connectivity index (χ1v) is 8.89. The monoisotopic (exact) mass is 346 g/mol. The van der Waals surface area contributed by atoms with E-state index in [4.69, 9.17) is 4.74 Å². The Kier molecular flexibility index (Phi) is 5.32. The molecule has 7 heteroatoms. The van der Waals surface area contributed by atoms with Crippen molar-refractivity contribution in [3.8, 4) is 0 Å². The number of amides is 2. The minimum atomic E-state index is -0.142. The Morgan fingerprint density at radius 1 is 1.38 bits per heavy atom. The predicted molar refractivity (Wildman–Crippen MR) is 96.8 cm³/mol. The lowest BCUT2D eigenvalue weighted by Crippen LogP contribution is -2.36. The van der Waals surface area contributed by atoms with Crippen LogP contribution in [-0.4, -0.2) is 49.3 Å². The van der Waals surface area contributed by atoms with E-state index in [0.717, 1.165) is 37.0 Å². The molecule has 1 aliphatic rings. The number of pyridine rings is 1. The maximum absolute atomic E-state index is 12.4. The summed E-state index contributed by atoms with van der Waals surface area (Å²) in [5.74, 6) is 0.914. The fourth-order valence-electron chi connectivity index (χ4n) is 2.55. The molecule has 2 aromatic rings. The third kappa shape index (κ3) is 3.85. The second-order valence-corrected chi connectivity index (χ2v) is 6.72. The lowest BCUT2D eigenvalue weighted by Gasteiger charge is -2.28. The van der Waals surface area contributed by atoms with E-state index in [1.807, 2.05) is 36.6 Å². The Morgan fingerprint density at radius 3 is 2.79 bits per heavy atom. The highest BCUT2D eigenvalue weighted by Crippen LogP contribution is 2.24. The standard InChI is InChI=1S/C17H22N4O2S/c1-13(15-4-3-11-24-15)20(2)17(22)19-14-5-6-16(18-12-14)21-7-9-23-10-8-21/h3-6,11-13H,7-10H2,1-2H3,(H,19,22)/t13-/m0/s1. The van der Waals surface area contributed by atoms with Crippen molar-refractivity contribution in [2.75, 3.05) is 43.6 Å². The normalized spacial score (nSPS) is 15.8. The van der Waals surface area contributed by atoms with Crippen molar-refractivity contribution in [2.45, 2.75) is 13.0 Å². The molecule has 128 valence electrons. The van der Waals surface area contributed by atoms with Gasteiger partial charge in [-0.15, -0.1) is 11.3 Å². The van der Waals surface area contributed by atoms with Gasteiger partial charge < -0.3 is 19.9 Å². The van der Waals surface area contributed by atoms with Crippen molar-refractivity contribution in [1.82, 2.24) is 9.88 Å². The third-order valence-electron chi connectivity index (χ3n) is 4.19. The van der Waals surface area contributed by atoms with Gasteiger partial charge in [0.2, 0.25) is 0 Å². The summed E-state index contributed by atoms with van der Waals surface area (Å²) in [6, 6.07) is 7.75. The minimum absolute atomic E-state index is 0.0329. The number of ether oxygens (including phenoxy) is 1. The molecule has 3 heterocycles. The van der Waals surface area contributed by atoms with Gasteiger partial charge >= 0.3 is 6.03 Å². The fraction of sp³-hybridized carbons (Fsp3) is 0.412. The number of aromatic nitrogens is 1. The highest BCUT2D eigenvalue weighted by atomic mass is 32.1. The van der Waals surface area contributed by atoms with Gasteiger partial charge in [0.05, 0.1) is 31.1 Å². The first-order valence-electron chi connectivity index (χ1n) is 8.01. The van der Waals surface area contributed by atoms with E-state index < -0.39 is 0 Å². The summed E-state index contributed by atoms with van der Waals surface area (Å²) in [4.78, 5) is 21.9. The van der Waals surface area contributed by atoms with Gasteiger partial charge in [-0.05, 0) is 30.5 Å². The molecular weight excluding hydrogens is 324 g/mol. The van der Waals surface area contributed by atoms with Crippen molar-refractivity contribution in [2.24, 2.45) is 0 Å². The Balaban J connectivity index is 1.59. The number of urea groups is 1. The zero-order valence-corrected chi connectivity index (χ0v) is 14.8. The summed E-state index contributed by atoms with van der Waals surface area (Å²) in [6.07, 6.45) is 1.70. The summed E-state index contributed by atoms with van der Waals surface area (Å²) in [5, 5.41) is 4.92. The summed E-state index contributed by atoms with van der Waals surface area (Å²) in [7, 11) is 1.80. The second kappa shape index (κ2) is 7.63. The molecule has 0 saturated carbocycles. The van der Waals surface area contributed by atoms with Crippen LogP contribution in [-0.2, 0) is 4.74 Å². The molecule has 24 heavy (non-hydrogen) atoms. The van der Waals surface area contributed by atoms with Crippen LogP contribution in [0.25, 0.3) is 0 Å². The van der Waals surface area contributed by atoms with Crippen molar-refractivity contribution < 1.29 is 9.53 Å². The lowest BCUT2D eigenvalue weighted by molar-refractivity contribution is 0.122. The Hall–Kier alpha value is -2.12. The Bertz CT molecular complexity index is 654. The summed E-state index contributed by atoms with van der Waals surface area (Å²) < 4.78 is 5.35. The van der Waals surface area contributed by atoms with Gasteiger partial charge in [0.1, 0.15) is 5.82 Å². The number of carbonyl (C=O) groups excluding carboxylic acids is 1. The molecular formula is C17H22N4O2S. The van der Waals surface area contributed by atoms with E-state index in [0.29, 0.717) is 5.69 Å². The topological polar surface area (TPSA) is 57.7 Å². The zero-order chi connectivity index (χ0) is 16.9. The number of hydrogen-bond donors (Lipinski definition) is 1. The average molecular weight is 346 g/mol. The largest absolute Gasteiger partial charge is 0.378 e. The molecule has 1 atom stereocenters. The molecule has 0 spiro atoms. The van der Waals surface area contributed by atoms with Gasteiger partial charge in [-0.25, -0.2) is 9.78 Å². The highest BCUT2D eigenvalue weighted by Gasteiger charge is 2.18. The van der Waals surface area contributed by atoms with Gasteiger partial charge in [-0.2, -0.15) is 0 Å². The number of carbonyl (C=O) groups is 1. The maximum atomic E-state index is 12.4. The van der Waals surface area contributed by atoms with Crippen LogP contribution in [0.2, 0.25) is 0 Å². The van der Waals surface area contributed by atoms with Crippen LogP contribution in [0.4, 0.5) is 16.3 Å². The number of nitrogens with zero attached hydrogens (tertiary/aromatic N) is 3. The van der Waals surface area contributed by atoms with Crippen molar-refractivity contribution in [1.29, 1.82) is 0 Å². The molecule has 2 amide bonds. The summed E-state index contributed by atoms with van der Waals surface area (Å²) in [5.41, 5.74) is 0.697. The summed E-state index contributed by atoms with van der Waals surface area (Å²) in [6.45, 7) is 5.17. The van der Waals surface area contributed by atoms with Gasteiger partial charge in [-0.3, -0.25) is 0 Å². The molecule has 0 aromatic carbocycles. The number of hydrogen-bond acceptors (Lipinski definition) is 5. The highest BCUT2D eigenvalue weighted by molar-refractivity contribution is 7.10. The molecule has 0 aliphatic carbocycles. The minimum Gasteiger partial charge on any atom is -0.378 e. The molecule has 1 aliphatic heterocycles. The number of rotatable bonds is 4. The van der Waals surface area contributed by atoms with E-state index in [-0.39, 0.29) is 12.1 Å². The molecule has 3 rings (SSSR count). The second-order valence-electron chi connectivity index (χ2n) is 5.74. The van der Waals surface area contributed by atoms with Crippen LogP contribution < -0.4 is 10.2 Å². The van der Waals surface area contributed by atoms with E-state index in [1.165, 1.54) is 0 Å². The fourth-order valence-corrected chi connectivity index (χ4v) is 3.37. The van der Waals surface area contributed by atoms with E-state index in [1.54, 1.807) is 29.5 Å². The number of thiophene rings is 1. The van der Waals surface area contributed by atoms with Crippen LogP contribution in [0.3, 0.4) is 0 Å². The third-order valence-corrected chi connectivity index (χ3v) is 5.23. The molecule has 1 N–H and O–H groups in total. The molecule has 1 saturated heterocycles. The lowest BCUT2D eigenvalue weighted by atomic mass is 10.2. The van der Waals surface area contributed by atoms with Crippen LogP contribution in [0.15, 0.2) is 35.8 Å².